The van der Waals surface area contributed by atoms with Crippen molar-refractivity contribution >= 4 is 44.7 Å². The van der Waals surface area contributed by atoms with Gasteiger partial charge in [0, 0.05) is 24.2 Å². The van der Waals surface area contributed by atoms with E-state index in [9.17, 15) is 13.2 Å². The highest BCUT2D eigenvalue weighted by atomic mass is 35.5. The van der Waals surface area contributed by atoms with Crippen LogP contribution in [0.3, 0.4) is 0 Å². The lowest BCUT2D eigenvalue weighted by Crippen LogP contribution is -2.52. The molecular weight excluding hydrogens is 326 g/mol. The molecule has 2 rings (SSSR count). The van der Waals surface area contributed by atoms with Gasteiger partial charge in [0.05, 0.1) is 18.6 Å². The van der Waals surface area contributed by atoms with Crippen LogP contribution in [0.15, 0.2) is 6.20 Å². The smallest absolute Gasteiger partial charge is 0.324 e. The number of anilines is 1. The molecule has 0 amide bonds. The molecule has 10 heteroatoms. The molecule has 1 fully saturated rings. The zero-order valence-electron chi connectivity index (χ0n) is 10.8. The Balaban J connectivity index is 0.00000200. The van der Waals surface area contributed by atoms with Gasteiger partial charge in [0.15, 0.2) is 15.0 Å². The van der Waals surface area contributed by atoms with Gasteiger partial charge >= 0.3 is 5.97 Å². The maximum atomic E-state index is 11.7. The molecule has 0 saturated carbocycles. The molecule has 114 valence electrons. The highest BCUT2D eigenvalue weighted by molar-refractivity contribution is 7.91. The summed E-state index contributed by atoms with van der Waals surface area (Å²) in [5, 5.41) is 0.453. The summed E-state index contributed by atoms with van der Waals surface area (Å²) in [5.74, 6) is -0.677. The molecule has 0 radical (unpaired) electrons. The first-order chi connectivity index (χ1) is 8.91. The number of sulfone groups is 1. The number of methoxy groups -OCH3 is 1. The lowest BCUT2D eigenvalue weighted by Gasteiger charge is -2.32. The van der Waals surface area contributed by atoms with E-state index < -0.39 is 21.8 Å². The molecule has 0 bridgehead atoms. The van der Waals surface area contributed by atoms with Crippen molar-refractivity contribution in [2.75, 3.05) is 30.9 Å². The second-order valence-electron chi connectivity index (χ2n) is 4.29. The predicted molar refractivity (Wildman–Crippen MR) is 78.6 cm³/mol. The number of hydrogen-bond acceptors (Lipinski definition) is 8. The molecular formula is C10H16ClN3O4S2. The second kappa shape index (κ2) is 6.70. The zero-order valence-corrected chi connectivity index (χ0v) is 13.3. The van der Waals surface area contributed by atoms with E-state index in [1.54, 1.807) is 11.1 Å². The number of hydrogen-bond donors (Lipinski definition) is 1. The van der Waals surface area contributed by atoms with E-state index in [0.717, 1.165) is 4.88 Å². The number of rotatable bonds is 3. The molecule has 0 aliphatic carbocycles. The van der Waals surface area contributed by atoms with Crippen LogP contribution >= 0.6 is 23.7 Å². The number of aromatic nitrogens is 1. The minimum Gasteiger partial charge on any atom is -0.468 e. The second-order valence-corrected chi connectivity index (χ2v) is 7.66. The SMILES string of the molecule is COC(=O)[C@@H]1CS(=O)(=O)CCN1Cc1cnc(N)s1.Cl. The lowest BCUT2D eigenvalue weighted by molar-refractivity contribution is -0.146. The molecule has 1 aromatic heterocycles. The topological polar surface area (TPSA) is 103 Å². The van der Waals surface area contributed by atoms with Gasteiger partial charge in [-0.3, -0.25) is 9.69 Å². The van der Waals surface area contributed by atoms with E-state index in [0.29, 0.717) is 18.2 Å². The molecule has 1 aliphatic rings. The lowest BCUT2D eigenvalue weighted by atomic mass is 10.2. The molecule has 1 atom stereocenters. The van der Waals surface area contributed by atoms with Crippen LogP contribution < -0.4 is 5.73 Å². The monoisotopic (exact) mass is 341 g/mol. The number of carbonyl (C=O) groups is 1. The first-order valence-corrected chi connectivity index (χ1v) is 8.27. The van der Waals surface area contributed by atoms with Crippen molar-refractivity contribution in [3.05, 3.63) is 11.1 Å². The number of esters is 1. The predicted octanol–water partition coefficient (Wildman–Crippen LogP) is -0.0809. The summed E-state index contributed by atoms with van der Waals surface area (Å²) in [6.07, 6.45) is 1.64. The minimum absolute atomic E-state index is 0. The Morgan fingerprint density at radius 1 is 1.65 bits per heavy atom. The van der Waals surface area contributed by atoms with Gasteiger partial charge in [0.1, 0.15) is 6.04 Å². The van der Waals surface area contributed by atoms with Gasteiger partial charge in [-0.2, -0.15) is 0 Å². The number of nitrogens with two attached hydrogens (primary N) is 1. The van der Waals surface area contributed by atoms with E-state index in [2.05, 4.69) is 9.72 Å². The van der Waals surface area contributed by atoms with E-state index in [1.807, 2.05) is 0 Å². The van der Waals surface area contributed by atoms with Gasteiger partial charge in [-0.05, 0) is 0 Å². The third-order valence-corrected chi connectivity index (χ3v) is 5.39. The van der Waals surface area contributed by atoms with Gasteiger partial charge in [-0.15, -0.1) is 23.7 Å². The van der Waals surface area contributed by atoms with E-state index in [-0.39, 0.29) is 23.9 Å². The van der Waals surface area contributed by atoms with Crippen LogP contribution in [0.5, 0.6) is 0 Å². The maximum absolute atomic E-state index is 11.7. The van der Waals surface area contributed by atoms with Crippen LogP contribution in [0, 0.1) is 0 Å². The summed E-state index contributed by atoms with van der Waals surface area (Å²) in [4.78, 5) is 18.3. The molecule has 7 nitrogen and oxygen atoms in total. The number of ether oxygens (including phenoxy) is 1. The number of carbonyl (C=O) groups excluding carboxylic acids is 1. The Labute approximate surface area is 127 Å². The van der Waals surface area contributed by atoms with Crippen LogP contribution in [0.4, 0.5) is 5.13 Å². The Hall–Kier alpha value is -0.900. The third-order valence-electron chi connectivity index (χ3n) is 2.95. The zero-order chi connectivity index (χ0) is 14.0. The van der Waals surface area contributed by atoms with Crippen molar-refractivity contribution in [1.29, 1.82) is 0 Å². The number of halogens is 1. The van der Waals surface area contributed by atoms with Gasteiger partial charge in [-0.25, -0.2) is 13.4 Å². The summed E-state index contributed by atoms with van der Waals surface area (Å²) < 4.78 is 27.9. The van der Waals surface area contributed by atoms with Crippen LogP contribution in [0.2, 0.25) is 0 Å². The quantitative estimate of drug-likeness (QED) is 0.767. The Morgan fingerprint density at radius 3 is 2.90 bits per heavy atom. The largest absolute Gasteiger partial charge is 0.468 e. The first-order valence-electron chi connectivity index (χ1n) is 5.64. The fraction of sp³-hybridized carbons (Fsp3) is 0.600. The Kier molecular flexibility index (Phi) is 5.75. The van der Waals surface area contributed by atoms with Crippen molar-refractivity contribution in [1.82, 2.24) is 9.88 Å². The van der Waals surface area contributed by atoms with Crippen LogP contribution in [-0.2, 0) is 25.9 Å². The number of nitrogen functional groups attached to an aromatic ring is 1. The fourth-order valence-corrected chi connectivity index (χ4v) is 4.20. The summed E-state index contributed by atoms with van der Waals surface area (Å²) in [7, 11) is -1.93. The molecule has 20 heavy (non-hydrogen) atoms. The van der Waals surface area contributed by atoms with Crippen molar-refractivity contribution < 1.29 is 17.9 Å². The normalized spacial score (nSPS) is 21.9. The molecule has 0 spiro atoms. The van der Waals surface area contributed by atoms with E-state index >= 15 is 0 Å². The molecule has 1 aromatic rings. The number of thiazole rings is 1. The van der Waals surface area contributed by atoms with E-state index in [4.69, 9.17) is 5.73 Å². The summed E-state index contributed by atoms with van der Waals surface area (Å²) in [6, 6.07) is -0.757. The van der Waals surface area contributed by atoms with E-state index in [1.165, 1.54) is 18.4 Å². The van der Waals surface area contributed by atoms with Gasteiger partial charge in [-0.1, -0.05) is 0 Å². The molecule has 0 aromatic carbocycles. The average molecular weight is 342 g/mol. The van der Waals surface area contributed by atoms with Crippen molar-refractivity contribution in [3.8, 4) is 0 Å². The molecule has 2 heterocycles. The first kappa shape index (κ1) is 17.2. The maximum Gasteiger partial charge on any atom is 0.324 e. The highest BCUT2D eigenvalue weighted by Crippen LogP contribution is 2.21. The van der Waals surface area contributed by atoms with Crippen molar-refractivity contribution in [2.24, 2.45) is 0 Å². The van der Waals surface area contributed by atoms with Crippen molar-refractivity contribution in [2.45, 2.75) is 12.6 Å². The van der Waals surface area contributed by atoms with Gasteiger partial charge in [0.2, 0.25) is 0 Å². The molecule has 0 unspecified atom stereocenters. The van der Waals surface area contributed by atoms with Crippen LogP contribution in [0.1, 0.15) is 4.88 Å². The Bertz CT molecular complexity index is 575. The fourth-order valence-electron chi connectivity index (χ4n) is 1.98. The minimum atomic E-state index is -3.19. The van der Waals surface area contributed by atoms with Crippen LogP contribution in [0.25, 0.3) is 0 Å². The third kappa shape index (κ3) is 4.05. The standard InChI is InChI=1S/C10H15N3O4S2.ClH/c1-17-9(14)8-6-19(15,16)3-2-13(8)5-7-4-12-10(11)18-7;/h4,8H,2-3,5-6H2,1H3,(H2,11,12);1H/t8-;/m0./s1. The summed E-state index contributed by atoms with van der Waals surface area (Å²) >= 11 is 1.33. The Morgan fingerprint density at radius 2 is 2.35 bits per heavy atom. The van der Waals surface area contributed by atoms with Gasteiger partial charge in [0.25, 0.3) is 0 Å². The summed E-state index contributed by atoms with van der Waals surface area (Å²) in [5.41, 5.74) is 5.55. The molecule has 1 aliphatic heterocycles. The molecule has 2 N–H and O–H groups in total. The highest BCUT2D eigenvalue weighted by Gasteiger charge is 2.36. The van der Waals surface area contributed by atoms with Crippen LogP contribution in [-0.4, -0.2) is 55.5 Å². The summed E-state index contributed by atoms with van der Waals surface area (Å²) in [6.45, 7) is 0.754. The number of nitrogens with zero attached hydrogens (tertiary/aromatic N) is 2. The average Bonchev–Trinajstić information content (AvgIpc) is 2.76. The van der Waals surface area contributed by atoms with Gasteiger partial charge < -0.3 is 10.5 Å². The van der Waals surface area contributed by atoms with Crippen molar-refractivity contribution in [3.63, 3.8) is 0 Å². The molecule has 1 saturated heterocycles.